The van der Waals surface area contributed by atoms with Gasteiger partial charge in [-0.3, -0.25) is 0 Å². The van der Waals surface area contributed by atoms with Gasteiger partial charge in [-0.25, -0.2) is 0 Å². The maximum absolute atomic E-state index is 6.27. The minimum atomic E-state index is 0.00696. The van der Waals surface area contributed by atoms with E-state index in [9.17, 15) is 0 Å². The molecule has 0 spiro atoms. The monoisotopic (exact) mass is 233 g/mol. The van der Waals surface area contributed by atoms with Crippen molar-refractivity contribution in [2.24, 2.45) is 11.3 Å². The van der Waals surface area contributed by atoms with Gasteiger partial charge in [0.2, 0.25) is 0 Å². The minimum absolute atomic E-state index is 0.00696. The predicted octanol–water partition coefficient (Wildman–Crippen LogP) is 3.66. The summed E-state index contributed by atoms with van der Waals surface area (Å²) in [5.41, 5.74) is 2.62. The van der Waals surface area contributed by atoms with E-state index in [1.54, 1.807) is 0 Å². The van der Waals surface area contributed by atoms with E-state index in [4.69, 9.17) is 5.84 Å². The second-order valence-corrected chi connectivity index (χ2v) is 5.44. The Hall–Kier alpha value is -1.12. The largest absolute Gasteiger partial charge is 0.194 e. The number of nitrogens with zero attached hydrogens (tertiary/aromatic N) is 1. The number of rotatable bonds is 4. The average molecular weight is 233 g/mol. The van der Waals surface area contributed by atoms with Crippen molar-refractivity contribution in [1.82, 2.24) is 0 Å². The first-order valence-corrected chi connectivity index (χ1v) is 6.20. The molecule has 17 heavy (non-hydrogen) atoms. The molecule has 0 saturated carbocycles. The maximum atomic E-state index is 6.27. The number of likely N-dealkylation sites (N-methyl/N-ethyl adjacent to an activating group) is 1. The van der Waals surface area contributed by atoms with Gasteiger partial charge in [-0.05, 0) is 30.6 Å². The Kier molecular flexibility index (Phi) is 4.12. The van der Waals surface area contributed by atoms with Crippen molar-refractivity contribution in [3.05, 3.63) is 48.4 Å². The van der Waals surface area contributed by atoms with Crippen LogP contribution in [0.5, 0.6) is 0 Å². The fourth-order valence-corrected chi connectivity index (χ4v) is 1.91. The number of quaternary nitrogens is 1. The third kappa shape index (κ3) is 3.42. The summed E-state index contributed by atoms with van der Waals surface area (Å²) < 4.78 is 0.340. The predicted molar refractivity (Wildman–Crippen MR) is 74.6 cm³/mol. The molecule has 2 N–H and O–H groups in total. The summed E-state index contributed by atoms with van der Waals surface area (Å²) in [6, 6.07) is 0. The van der Waals surface area contributed by atoms with Gasteiger partial charge < -0.3 is 0 Å². The molecule has 0 bridgehead atoms. The fraction of sp³-hybridized carbons (Fsp3) is 0.467. The fourth-order valence-electron chi connectivity index (χ4n) is 1.91. The zero-order chi connectivity index (χ0) is 13.1. The number of nitrogens with two attached hydrogens (primary N) is 1. The molecule has 0 aromatic rings. The van der Waals surface area contributed by atoms with Gasteiger partial charge in [0.15, 0.2) is 5.70 Å². The Morgan fingerprint density at radius 3 is 2.71 bits per heavy atom. The molecule has 1 rings (SSSR count). The van der Waals surface area contributed by atoms with E-state index in [1.807, 2.05) is 19.3 Å². The van der Waals surface area contributed by atoms with E-state index >= 15 is 0 Å². The van der Waals surface area contributed by atoms with E-state index in [-0.39, 0.29) is 5.41 Å². The zero-order valence-corrected chi connectivity index (χ0v) is 11.5. The molecule has 0 fully saturated rings. The van der Waals surface area contributed by atoms with Gasteiger partial charge in [-0.2, -0.15) is 10.4 Å². The van der Waals surface area contributed by atoms with E-state index in [1.165, 1.54) is 11.3 Å². The third-order valence-electron chi connectivity index (χ3n) is 3.28. The van der Waals surface area contributed by atoms with Crippen LogP contribution in [0.25, 0.3) is 0 Å². The van der Waals surface area contributed by atoms with Gasteiger partial charge in [0.05, 0.1) is 7.05 Å². The Labute approximate surface area is 105 Å². The molecule has 1 heterocycles. The molecule has 1 unspecified atom stereocenters. The van der Waals surface area contributed by atoms with Crippen LogP contribution in [0.4, 0.5) is 0 Å². The van der Waals surface area contributed by atoms with Crippen LogP contribution in [0, 0.1) is 5.41 Å². The van der Waals surface area contributed by atoms with Crippen LogP contribution < -0.4 is 5.84 Å². The molecule has 0 amide bonds. The molecular weight excluding hydrogens is 208 g/mol. The second kappa shape index (κ2) is 5.03. The SMILES string of the molecule is C=CC(C)(C)/C=C\C1=C(CC)CC=C[N+]1(C)N. The van der Waals surface area contributed by atoms with Crippen molar-refractivity contribution in [3.63, 3.8) is 0 Å². The topological polar surface area (TPSA) is 26.0 Å². The first-order chi connectivity index (χ1) is 7.82. The lowest BCUT2D eigenvalue weighted by Gasteiger charge is -2.29. The molecule has 0 aliphatic carbocycles. The quantitative estimate of drug-likeness (QED) is 0.447. The lowest BCUT2D eigenvalue weighted by molar-refractivity contribution is -0.831. The Bertz CT molecular complexity index is 382. The molecule has 1 aliphatic rings. The van der Waals surface area contributed by atoms with Crippen LogP contribution in [0.3, 0.4) is 0 Å². The highest BCUT2D eigenvalue weighted by molar-refractivity contribution is 5.26. The first-order valence-electron chi connectivity index (χ1n) is 6.20. The zero-order valence-electron chi connectivity index (χ0n) is 11.5. The van der Waals surface area contributed by atoms with Crippen molar-refractivity contribution < 1.29 is 4.59 Å². The first kappa shape index (κ1) is 13.9. The number of hydrogen-bond donors (Lipinski definition) is 1. The molecule has 1 aliphatic heterocycles. The van der Waals surface area contributed by atoms with E-state index in [0.29, 0.717) is 4.59 Å². The summed E-state index contributed by atoms with van der Waals surface area (Å²) in [6.45, 7) is 10.3. The summed E-state index contributed by atoms with van der Waals surface area (Å²) in [6.07, 6.45) is 12.5. The van der Waals surface area contributed by atoms with E-state index < -0.39 is 0 Å². The van der Waals surface area contributed by atoms with Crippen molar-refractivity contribution in [3.8, 4) is 0 Å². The van der Waals surface area contributed by atoms with Crippen molar-refractivity contribution in [2.45, 2.75) is 33.6 Å². The van der Waals surface area contributed by atoms with Gasteiger partial charge in [-0.15, -0.1) is 6.58 Å². The molecule has 0 radical (unpaired) electrons. The van der Waals surface area contributed by atoms with Crippen LogP contribution in [-0.2, 0) is 0 Å². The highest BCUT2D eigenvalue weighted by Gasteiger charge is 2.25. The van der Waals surface area contributed by atoms with Gasteiger partial charge in [0, 0.05) is 5.41 Å². The van der Waals surface area contributed by atoms with E-state index in [0.717, 1.165) is 12.8 Å². The highest BCUT2D eigenvalue weighted by atomic mass is 15.6. The number of hydrogen-bond acceptors (Lipinski definition) is 1. The molecule has 1 atom stereocenters. The standard InChI is InChI=1S/C15H25N2/c1-6-13-9-8-12-17(5,16)14(13)10-11-15(3,4)7-2/h7-8,10-12H,2,6,9,16H2,1,3-5H3/q+1/b11-10-. The molecule has 0 saturated heterocycles. The van der Waals surface area contributed by atoms with Crippen LogP contribution in [0.15, 0.2) is 48.4 Å². The van der Waals surface area contributed by atoms with Crippen LogP contribution in [-0.4, -0.2) is 11.6 Å². The molecule has 94 valence electrons. The Morgan fingerprint density at radius 1 is 1.53 bits per heavy atom. The average Bonchev–Trinajstić information content (AvgIpc) is 2.26. The van der Waals surface area contributed by atoms with Gasteiger partial charge in [0.25, 0.3) is 0 Å². The summed E-state index contributed by atoms with van der Waals surface area (Å²) in [5.74, 6) is 6.27. The normalized spacial score (nSPS) is 25.7. The molecule has 2 nitrogen and oxygen atoms in total. The van der Waals surface area contributed by atoms with Crippen molar-refractivity contribution in [2.75, 3.05) is 7.05 Å². The highest BCUT2D eigenvalue weighted by Crippen LogP contribution is 2.28. The van der Waals surface area contributed by atoms with Crippen molar-refractivity contribution >= 4 is 0 Å². The second-order valence-electron chi connectivity index (χ2n) is 5.44. The maximum Gasteiger partial charge on any atom is 0.155 e. The Balaban J connectivity index is 3.07. The lowest BCUT2D eigenvalue weighted by Crippen LogP contribution is -2.45. The van der Waals surface area contributed by atoms with Crippen LogP contribution in [0.1, 0.15) is 33.6 Å². The molecule has 2 heteroatoms. The number of allylic oxidation sites excluding steroid dienone is 5. The molecule has 0 aromatic heterocycles. The molecule has 0 aromatic carbocycles. The van der Waals surface area contributed by atoms with Gasteiger partial charge in [0.1, 0.15) is 6.20 Å². The van der Waals surface area contributed by atoms with Crippen LogP contribution >= 0.6 is 0 Å². The third-order valence-corrected chi connectivity index (χ3v) is 3.28. The molecular formula is C15H25N2+. The Morgan fingerprint density at radius 2 is 2.18 bits per heavy atom. The summed E-state index contributed by atoms with van der Waals surface area (Å²) in [4.78, 5) is 0. The summed E-state index contributed by atoms with van der Waals surface area (Å²) >= 11 is 0. The van der Waals surface area contributed by atoms with Crippen LogP contribution in [0.2, 0.25) is 0 Å². The summed E-state index contributed by atoms with van der Waals surface area (Å²) in [5, 5.41) is 0. The smallest absolute Gasteiger partial charge is 0.155 e. The van der Waals surface area contributed by atoms with Gasteiger partial charge in [-0.1, -0.05) is 32.9 Å². The minimum Gasteiger partial charge on any atom is -0.194 e. The van der Waals surface area contributed by atoms with Crippen molar-refractivity contribution in [1.29, 1.82) is 0 Å². The van der Waals surface area contributed by atoms with E-state index in [2.05, 4.69) is 45.6 Å². The summed E-state index contributed by atoms with van der Waals surface area (Å²) in [7, 11) is 2.01. The van der Waals surface area contributed by atoms with Gasteiger partial charge >= 0.3 is 0 Å². The lowest BCUT2D eigenvalue weighted by atomic mass is 9.92.